The van der Waals surface area contributed by atoms with Gasteiger partial charge in [0.1, 0.15) is 5.15 Å². The predicted molar refractivity (Wildman–Crippen MR) is 92.3 cm³/mol. The fraction of sp³-hybridized carbons (Fsp3) is 0.111. The molecule has 0 fully saturated rings. The van der Waals surface area contributed by atoms with Crippen LogP contribution in [0.5, 0.6) is 0 Å². The highest BCUT2D eigenvalue weighted by molar-refractivity contribution is 7.98. The lowest BCUT2D eigenvalue weighted by Crippen LogP contribution is -1.97. The number of thioether (sulfide) groups is 1. The summed E-state index contributed by atoms with van der Waals surface area (Å²) in [6, 6.07) is 22.4. The van der Waals surface area contributed by atoms with E-state index >= 15 is 0 Å². The summed E-state index contributed by atoms with van der Waals surface area (Å²) in [6.45, 7) is 0. The number of hydrogen-bond donors (Lipinski definition) is 0. The van der Waals surface area contributed by atoms with E-state index in [-0.39, 0.29) is 0 Å². The Morgan fingerprint density at radius 2 is 1.45 bits per heavy atom. The SMILES string of the molecule is Clc1cc(Cc2ccccc2)nc(SCc2ccccc2)n1. The normalized spacial score (nSPS) is 10.6. The molecular weight excluding hydrogens is 312 g/mol. The van der Waals surface area contributed by atoms with Gasteiger partial charge in [-0.3, -0.25) is 0 Å². The van der Waals surface area contributed by atoms with Crippen LogP contribution < -0.4 is 0 Å². The van der Waals surface area contributed by atoms with Crippen molar-refractivity contribution in [2.24, 2.45) is 0 Å². The van der Waals surface area contributed by atoms with Crippen LogP contribution in [0.2, 0.25) is 5.15 Å². The minimum Gasteiger partial charge on any atom is -0.227 e. The second-order valence-electron chi connectivity index (χ2n) is 4.90. The summed E-state index contributed by atoms with van der Waals surface area (Å²) < 4.78 is 0. The molecule has 2 aromatic carbocycles. The third kappa shape index (κ3) is 4.33. The van der Waals surface area contributed by atoms with Crippen LogP contribution in [0.4, 0.5) is 0 Å². The largest absolute Gasteiger partial charge is 0.227 e. The molecule has 22 heavy (non-hydrogen) atoms. The number of benzene rings is 2. The van der Waals surface area contributed by atoms with Crippen LogP contribution in [0.25, 0.3) is 0 Å². The molecule has 0 radical (unpaired) electrons. The Bertz CT molecular complexity index is 733. The molecule has 1 heterocycles. The maximum Gasteiger partial charge on any atom is 0.189 e. The first-order chi connectivity index (χ1) is 10.8. The molecule has 0 aliphatic heterocycles. The van der Waals surface area contributed by atoms with Gasteiger partial charge in [-0.05, 0) is 17.2 Å². The zero-order chi connectivity index (χ0) is 15.2. The maximum atomic E-state index is 6.13. The smallest absolute Gasteiger partial charge is 0.189 e. The zero-order valence-electron chi connectivity index (χ0n) is 11.9. The quantitative estimate of drug-likeness (QED) is 0.374. The summed E-state index contributed by atoms with van der Waals surface area (Å²) in [5, 5.41) is 1.22. The Morgan fingerprint density at radius 3 is 2.14 bits per heavy atom. The van der Waals surface area contributed by atoms with Crippen LogP contribution in [0.1, 0.15) is 16.8 Å². The van der Waals surface area contributed by atoms with Crippen molar-refractivity contribution in [3.63, 3.8) is 0 Å². The average molecular weight is 327 g/mol. The highest BCUT2D eigenvalue weighted by atomic mass is 35.5. The van der Waals surface area contributed by atoms with Gasteiger partial charge in [0, 0.05) is 12.2 Å². The lowest BCUT2D eigenvalue weighted by Gasteiger charge is -2.05. The van der Waals surface area contributed by atoms with Crippen molar-refractivity contribution in [2.45, 2.75) is 17.3 Å². The first-order valence-corrected chi connectivity index (χ1v) is 8.40. The lowest BCUT2D eigenvalue weighted by atomic mass is 10.1. The number of halogens is 1. The van der Waals surface area contributed by atoms with Crippen molar-refractivity contribution in [2.75, 3.05) is 0 Å². The van der Waals surface area contributed by atoms with E-state index in [1.165, 1.54) is 11.1 Å². The number of hydrogen-bond acceptors (Lipinski definition) is 3. The first kappa shape index (κ1) is 15.1. The molecule has 0 saturated carbocycles. The molecule has 0 N–H and O–H groups in total. The van der Waals surface area contributed by atoms with Gasteiger partial charge in [0.05, 0.1) is 5.69 Å². The van der Waals surface area contributed by atoms with E-state index in [0.717, 1.165) is 23.0 Å². The Hall–Kier alpha value is -1.84. The molecule has 0 unspecified atom stereocenters. The van der Waals surface area contributed by atoms with Crippen molar-refractivity contribution in [1.29, 1.82) is 0 Å². The summed E-state index contributed by atoms with van der Waals surface area (Å²) >= 11 is 7.74. The molecule has 0 saturated heterocycles. The fourth-order valence-electron chi connectivity index (χ4n) is 2.12. The van der Waals surface area contributed by atoms with E-state index in [9.17, 15) is 0 Å². The molecule has 0 spiro atoms. The Balaban J connectivity index is 1.72. The number of nitrogens with zero attached hydrogens (tertiary/aromatic N) is 2. The van der Waals surface area contributed by atoms with Crippen molar-refractivity contribution in [3.05, 3.63) is 88.7 Å². The maximum absolute atomic E-state index is 6.13. The Kier molecular flexibility index (Phi) is 5.09. The molecule has 4 heteroatoms. The average Bonchev–Trinajstić information content (AvgIpc) is 2.54. The molecule has 110 valence electrons. The van der Waals surface area contributed by atoms with Crippen molar-refractivity contribution < 1.29 is 0 Å². The minimum absolute atomic E-state index is 0.497. The van der Waals surface area contributed by atoms with Gasteiger partial charge in [-0.15, -0.1) is 0 Å². The van der Waals surface area contributed by atoms with Gasteiger partial charge in [0.15, 0.2) is 5.16 Å². The summed E-state index contributed by atoms with van der Waals surface area (Å²) in [6.07, 6.45) is 0.766. The molecule has 3 rings (SSSR count). The summed E-state index contributed by atoms with van der Waals surface area (Å²) in [7, 11) is 0. The van der Waals surface area contributed by atoms with E-state index in [1.807, 2.05) is 42.5 Å². The molecule has 0 amide bonds. The van der Waals surface area contributed by atoms with Crippen molar-refractivity contribution >= 4 is 23.4 Å². The lowest BCUT2D eigenvalue weighted by molar-refractivity contribution is 0.903. The summed E-state index contributed by atoms with van der Waals surface area (Å²) in [5.74, 6) is 0.839. The fourth-order valence-corrected chi connectivity index (χ4v) is 3.21. The van der Waals surface area contributed by atoms with Crippen LogP contribution in [-0.2, 0) is 12.2 Å². The van der Waals surface area contributed by atoms with Crippen LogP contribution in [0, 0.1) is 0 Å². The molecule has 1 aromatic heterocycles. The zero-order valence-corrected chi connectivity index (χ0v) is 13.5. The van der Waals surface area contributed by atoms with Crippen LogP contribution in [-0.4, -0.2) is 9.97 Å². The van der Waals surface area contributed by atoms with Gasteiger partial charge in [-0.25, -0.2) is 9.97 Å². The van der Waals surface area contributed by atoms with Crippen LogP contribution in [0.3, 0.4) is 0 Å². The van der Waals surface area contributed by atoms with E-state index in [0.29, 0.717) is 5.15 Å². The van der Waals surface area contributed by atoms with Gasteiger partial charge < -0.3 is 0 Å². The topological polar surface area (TPSA) is 25.8 Å². The monoisotopic (exact) mass is 326 g/mol. The highest BCUT2D eigenvalue weighted by Crippen LogP contribution is 2.22. The second-order valence-corrected chi connectivity index (χ2v) is 6.23. The second kappa shape index (κ2) is 7.43. The molecule has 0 bridgehead atoms. The molecule has 0 atom stereocenters. The molecule has 3 aromatic rings. The Morgan fingerprint density at radius 1 is 0.818 bits per heavy atom. The minimum atomic E-state index is 0.497. The standard InChI is InChI=1S/C18H15ClN2S/c19-17-12-16(11-14-7-3-1-4-8-14)20-18(21-17)22-13-15-9-5-2-6-10-15/h1-10,12H,11,13H2. The van der Waals surface area contributed by atoms with Gasteiger partial charge in [0.25, 0.3) is 0 Å². The number of rotatable bonds is 5. The van der Waals surface area contributed by atoms with Crippen LogP contribution in [0.15, 0.2) is 71.9 Å². The van der Waals surface area contributed by atoms with Gasteiger partial charge in [0.2, 0.25) is 0 Å². The highest BCUT2D eigenvalue weighted by Gasteiger charge is 2.05. The van der Waals surface area contributed by atoms with E-state index in [2.05, 4.69) is 34.2 Å². The summed E-state index contributed by atoms with van der Waals surface area (Å²) in [4.78, 5) is 8.92. The van der Waals surface area contributed by atoms with Gasteiger partial charge in [-0.1, -0.05) is 84.0 Å². The first-order valence-electron chi connectivity index (χ1n) is 7.04. The van der Waals surface area contributed by atoms with Crippen molar-refractivity contribution in [1.82, 2.24) is 9.97 Å². The van der Waals surface area contributed by atoms with Gasteiger partial charge in [-0.2, -0.15) is 0 Å². The predicted octanol–water partition coefficient (Wildman–Crippen LogP) is 5.01. The van der Waals surface area contributed by atoms with Crippen LogP contribution >= 0.6 is 23.4 Å². The third-order valence-corrected chi connectivity index (χ3v) is 4.28. The molecule has 0 aliphatic carbocycles. The van der Waals surface area contributed by atoms with E-state index < -0.39 is 0 Å². The van der Waals surface area contributed by atoms with E-state index in [1.54, 1.807) is 11.8 Å². The number of aromatic nitrogens is 2. The van der Waals surface area contributed by atoms with Crippen molar-refractivity contribution in [3.8, 4) is 0 Å². The molecule has 0 aliphatic rings. The summed E-state index contributed by atoms with van der Waals surface area (Å²) in [5.41, 5.74) is 3.42. The van der Waals surface area contributed by atoms with Gasteiger partial charge >= 0.3 is 0 Å². The molecular formula is C18H15ClN2S. The molecule has 2 nitrogen and oxygen atoms in total. The Labute approximate surface area is 139 Å². The third-order valence-electron chi connectivity index (χ3n) is 3.17. The van der Waals surface area contributed by atoms with E-state index in [4.69, 9.17) is 11.6 Å².